The average Bonchev–Trinajstić information content (AvgIpc) is 2.28. The first-order valence-electron chi connectivity index (χ1n) is 4.62. The topological polar surface area (TPSA) is 38.3 Å². The molecule has 17 heavy (non-hydrogen) atoms. The second kappa shape index (κ2) is 5.38. The first-order chi connectivity index (χ1) is 7.95. The molecule has 0 aliphatic rings. The molecule has 6 heteroatoms. The van der Waals surface area contributed by atoms with Gasteiger partial charge in [-0.3, -0.25) is 0 Å². The SMILES string of the molecule is COC(=O)/C(=C\Nc1ccccc1)C(F)(F)F. The molecule has 0 amide bonds. The van der Waals surface area contributed by atoms with E-state index < -0.39 is 17.7 Å². The molecule has 0 saturated carbocycles. The second-order valence-electron chi connectivity index (χ2n) is 3.06. The summed E-state index contributed by atoms with van der Waals surface area (Å²) in [5.74, 6) is -1.43. The van der Waals surface area contributed by atoms with E-state index >= 15 is 0 Å². The van der Waals surface area contributed by atoms with Gasteiger partial charge in [-0.2, -0.15) is 13.2 Å². The first kappa shape index (κ1) is 13.1. The van der Waals surface area contributed by atoms with Gasteiger partial charge in [0.15, 0.2) is 5.57 Å². The van der Waals surface area contributed by atoms with Gasteiger partial charge in [-0.15, -0.1) is 0 Å². The molecule has 0 aliphatic carbocycles. The lowest BCUT2D eigenvalue weighted by molar-refractivity contribution is -0.148. The Morgan fingerprint density at radius 3 is 2.35 bits per heavy atom. The van der Waals surface area contributed by atoms with Crippen molar-refractivity contribution in [1.29, 1.82) is 0 Å². The summed E-state index contributed by atoms with van der Waals surface area (Å²) in [6.45, 7) is 0. The normalized spacial score (nSPS) is 12.1. The summed E-state index contributed by atoms with van der Waals surface area (Å²) in [7, 11) is 0.893. The maximum atomic E-state index is 12.5. The Labute approximate surface area is 95.9 Å². The number of halogens is 3. The van der Waals surface area contributed by atoms with Gasteiger partial charge in [0.25, 0.3) is 0 Å². The Kier molecular flexibility index (Phi) is 4.14. The molecular weight excluding hydrogens is 235 g/mol. The van der Waals surface area contributed by atoms with Crippen LogP contribution in [0.2, 0.25) is 0 Å². The van der Waals surface area contributed by atoms with Gasteiger partial charge < -0.3 is 10.1 Å². The van der Waals surface area contributed by atoms with Crippen molar-refractivity contribution in [3.63, 3.8) is 0 Å². The van der Waals surface area contributed by atoms with Gasteiger partial charge in [0.05, 0.1) is 7.11 Å². The minimum atomic E-state index is -4.76. The van der Waals surface area contributed by atoms with E-state index in [1.165, 1.54) is 0 Å². The maximum Gasteiger partial charge on any atom is 0.424 e. The van der Waals surface area contributed by atoms with E-state index in [1.54, 1.807) is 30.3 Å². The van der Waals surface area contributed by atoms with Crippen LogP contribution in [0.15, 0.2) is 42.1 Å². The summed E-state index contributed by atoms with van der Waals surface area (Å²) in [5, 5.41) is 2.38. The number of rotatable bonds is 3. The highest BCUT2D eigenvalue weighted by Gasteiger charge is 2.39. The van der Waals surface area contributed by atoms with Crippen molar-refractivity contribution in [3.8, 4) is 0 Å². The van der Waals surface area contributed by atoms with Crippen molar-refractivity contribution >= 4 is 11.7 Å². The molecule has 0 radical (unpaired) electrons. The molecule has 92 valence electrons. The zero-order chi connectivity index (χ0) is 12.9. The molecule has 0 saturated heterocycles. The van der Waals surface area contributed by atoms with Crippen LogP contribution in [0.1, 0.15) is 0 Å². The number of para-hydroxylation sites is 1. The van der Waals surface area contributed by atoms with E-state index in [9.17, 15) is 18.0 Å². The fourth-order valence-corrected chi connectivity index (χ4v) is 1.06. The standard InChI is InChI=1S/C11H10F3NO2/c1-17-10(16)9(11(12,13)14)7-15-8-5-3-2-4-6-8/h2-7,15H,1H3/b9-7+. The Morgan fingerprint density at radius 2 is 1.88 bits per heavy atom. The Bertz CT molecular complexity index is 412. The van der Waals surface area contributed by atoms with E-state index in [0.29, 0.717) is 11.9 Å². The lowest BCUT2D eigenvalue weighted by Crippen LogP contribution is -2.22. The molecule has 1 aromatic rings. The maximum absolute atomic E-state index is 12.5. The van der Waals surface area contributed by atoms with Crippen LogP contribution in [0.3, 0.4) is 0 Å². The van der Waals surface area contributed by atoms with E-state index in [1.807, 2.05) is 0 Å². The zero-order valence-electron chi connectivity index (χ0n) is 8.91. The van der Waals surface area contributed by atoms with Crippen LogP contribution >= 0.6 is 0 Å². The number of methoxy groups -OCH3 is 1. The quantitative estimate of drug-likeness (QED) is 0.657. The molecule has 0 aromatic heterocycles. The Morgan fingerprint density at radius 1 is 1.29 bits per heavy atom. The summed E-state index contributed by atoms with van der Waals surface area (Å²) in [6.07, 6.45) is -4.17. The largest absolute Gasteiger partial charge is 0.465 e. The highest BCUT2D eigenvalue weighted by atomic mass is 19.4. The van der Waals surface area contributed by atoms with Crippen molar-refractivity contribution in [1.82, 2.24) is 0 Å². The van der Waals surface area contributed by atoms with Crippen LogP contribution < -0.4 is 5.32 Å². The number of carbonyl (C=O) groups is 1. The minimum absolute atomic E-state index is 0.443. The summed E-state index contributed by atoms with van der Waals surface area (Å²) >= 11 is 0. The summed E-state index contributed by atoms with van der Waals surface area (Å²) in [5.41, 5.74) is -0.943. The molecule has 0 atom stereocenters. The number of esters is 1. The van der Waals surface area contributed by atoms with Crippen molar-refractivity contribution in [2.75, 3.05) is 12.4 Å². The second-order valence-corrected chi connectivity index (χ2v) is 3.06. The average molecular weight is 245 g/mol. The molecule has 0 bridgehead atoms. The van der Waals surface area contributed by atoms with Crippen LogP contribution in [-0.4, -0.2) is 19.3 Å². The van der Waals surface area contributed by atoms with Gasteiger partial charge in [-0.25, -0.2) is 4.79 Å². The smallest absolute Gasteiger partial charge is 0.424 e. The van der Waals surface area contributed by atoms with Gasteiger partial charge in [-0.05, 0) is 12.1 Å². The number of hydrogen-bond acceptors (Lipinski definition) is 3. The molecule has 1 aromatic carbocycles. The molecule has 0 fully saturated rings. The third kappa shape index (κ3) is 3.82. The van der Waals surface area contributed by atoms with Gasteiger partial charge in [0.2, 0.25) is 0 Å². The number of benzene rings is 1. The van der Waals surface area contributed by atoms with Crippen molar-refractivity contribution in [2.24, 2.45) is 0 Å². The molecule has 0 spiro atoms. The van der Waals surface area contributed by atoms with Gasteiger partial charge >= 0.3 is 12.1 Å². The van der Waals surface area contributed by atoms with Gasteiger partial charge in [0, 0.05) is 11.9 Å². The van der Waals surface area contributed by atoms with Crippen LogP contribution in [0.25, 0.3) is 0 Å². The Balaban J connectivity index is 2.89. The molecule has 3 nitrogen and oxygen atoms in total. The fraction of sp³-hybridized carbons (Fsp3) is 0.182. The Hall–Kier alpha value is -1.98. The van der Waals surface area contributed by atoms with E-state index in [-0.39, 0.29) is 0 Å². The van der Waals surface area contributed by atoms with Crippen molar-refractivity contribution < 1.29 is 22.7 Å². The third-order valence-electron chi connectivity index (χ3n) is 1.87. The van der Waals surface area contributed by atoms with Gasteiger partial charge in [0.1, 0.15) is 0 Å². The fourth-order valence-electron chi connectivity index (χ4n) is 1.06. The van der Waals surface area contributed by atoms with E-state index in [0.717, 1.165) is 7.11 Å². The van der Waals surface area contributed by atoms with Crippen molar-refractivity contribution in [3.05, 3.63) is 42.1 Å². The molecule has 0 aliphatic heterocycles. The minimum Gasteiger partial charge on any atom is -0.465 e. The number of hydrogen-bond donors (Lipinski definition) is 1. The number of nitrogens with one attached hydrogen (secondary N) is 1. The molecule has 0 unspecified atom stereocenters. The first-order valence-corrected chi connectivity index (χ1v) is 4.62. The van der Waals surface area contributed by atoms with E-state index in [4.69, 9.17) is 0 Å². The zero-order valence-corrected chi connectivity index (χ0v) is 8.91. The number of anilines is 1. The lowest BCUT2D eigenvalue weighted by Gasteiger charge is -2.10. The summed E-state index contributed by atoms with van der Waals surface area (Å²) < 4.78 is 41.4. The lowest BCUT2D eigenvalue weighted by atomic mass is 10.2. The molecule has 1 N–H and O–H groups in total. The van der Waals surface area contributed by atoms with Crippen LogP contribution in [-0.2, 0) is 9.53 Å². The van der Waals surface area contributed by atoms with E-state index in [2.05, 4.69) is 10.1 Å². The molecule has 0 heterocycles. The number of alkyl halides is 3. The molecular formula is C11H10F3NO2. The third-order valence-corrected chi connectivity index (χ3v) is 1.87. The molecule has 1 rings (SSSR count). The van der Waals surface area contributed by atoms with Gasteiger partial charge in [-0.1, -0.05) is 18.2 Å². The predicted octanol–water partition coefficient (Wildman–Crippen LogP) is 2.72. The van der Waals surface area contributed by atoms with Crippen molar-refractivity contribution in [2.45, 2.75) is 6.18 Å². The summed E-state index contributed by atoms with van der Waals surface area (Å²) in [6, 6.07) is 8.17. The summed E-state index contributed by atoms with van der Waals surface area (Å²) in [4.78, 5) is 10.9. The van der Waals surface area contributed by atoms with Crippen LogP contribution in [0.4, 0.5) is 18.9 Å². The highest BCUT2D eigenvalue weighted by Crippen LogP contribution is 2.26. The number of ether oxygens (including phenoxy) is 1. The van der Waals surface area contributed by atoms with Crippen LogP contribution in [0, 0.1) is 0 Å². The predicted molar refractivity (Wildman–Crippen MR) is 56.2 cm³/mol. The monoisotopic (exact) mass is 245 g/mol. The van der Waals surface area contributed by atoms with Crippen LogP contribution in [0.5, 0.6) is 0 Å². The highest BCUT2D eigenvalue weighted by molar-refractivity contribution is 5.90. The number of carbonyl (C=O) groups excluding carboxylic acids is 1.